The van der Waals surface area contributed by atoms with Crippen molar-refractivity contribution >= 4 is 11.7 Å². The molecule has 1 aromatic rings. The van der Waals surface area contributed by atoms with Crippen molar-refractivity contribution in [3.8, 4) is 0 Å². The number of hydrogen-bond acceptors (Lipinski definition) is 4. The molecule has 2 rings (SSSR count). The zero-order valence-electron chi connectivity index (χ0n) is 13.9. The summed E-state index contributed by atoms with van der Waals surface area (Å²) in [5.74, 6) is 0.118. The fourth-order valence-corrected chi connectivity index (χ4v) is 2.83. The smallest absolute Gasteiger partial charge is 0.331 e. The number of non-ortho nitro benzene ring substituents is 1. The molecule has 0 radical (unpaired) electrons. The Balaban J connectivity index is 1.93. The van der Waals surface area contributed by atoms with Gasteiger partial charge in [-0.3, -0.25) is 10.1 Å². The van der Waals surface area contributed by atoms with Gasteiger partial charge in [0.25, 0.3) is 5.69 Å². The molecule has 0 spiro atoms. The highest BCUT2D eigenvalue weighted by atomic mass is 16.6. The molecule has 0 saturated heterocycles. The van der Waals surface area contributed by atoms with Crippen LogP contribution in [0.2, 0.25) is 0 Å². The van der Waals surface area contributed by atoms with Crippen LogP contribution in [0.4, 0.5) is 5.69 Å². The average Bonchev–Trinajstić information content (AvgIpc) is 2.46. The minimum Gasteiger partial charge on any atom is -0.457 e. The van der Waals surface area contributed by atoms with Crippen molar-refractivity contribution in [1.82, 2.24) is 0 Å². The number of nitrogens with zero attached hydrogens (tertiary/aromatic N) is 1. The molecule has 0 aliphatic heterocycles. The highest BCUT2D eigenvalue weighted by Crippen LogP contribution is 2.36. The Labute approximate surface area is 136 Å². The lowest BCUT2D eigenvalue weighted by molar-refractivity contribution is -0.384. The second-order valence-electron chi connectivity index (χ2n) is 6.96. The Hall–Kier alpha value is -2.17. The van der Waals surface area contributed by atoms with E-state index in [-0.39, 0.29) is 16.6 Å². The Bertz CT molecular complexity index is 601. The minimum atomic E-state index is -0.468. The van der Waals surface area contributed by atoms with Gasteiger partial charge in [-0.25, -0.2) is 4.79 Å². The number of benzene rings is 1. The first-order valence-electron chi connectivity index (χ1n) is 7.91. The summed E-state index contributed by atoms with van der Waals surface area (Å²) >= 11 is 0. The summed E-state index contributed by atoms with van der Waals surface area (Å²) in [6.45, 7) is 5.57. The molecule has 0 aromatic heterocycles. The van der Waals surface area contributed by atoms with Crippen LogP contribution < -0.4 is 0 Å². The van der Waals surface area contributed by atoms with E-state index < -0.39 is 5.60 Å². The summed E-state index contributed by atoms with van der Waals surface area (Å²) in [6, 6.07) is 6.79. The maximum absolute atomic E-state index is 11.8. The van der Waals surface area contributed by atoms with Crippen LogP contribution in [0.15, 0.2) is 35.9 Å². The number of nitro benzene ring substituents is 1. The summed E-state index contributed by atoms with van der Waals surface area (Å²) in [5.41, 5.74) is 1.91. The molecule has 0 heterocycles. The lowest BCUT2D eigenvalue weighted by Crippen LogP contribution is -2.23. The van der Waals surface area contributed by atoms with Crippen molar-refractivity contribution in [3.63, 3.8) is 0 Å². The van der Waals surface area contributed by atoms with Gasteiger partial charge >= 0.3 is 5.97 Å². The molecule has 1 aliphatic rings. The summed E-state index contributed by atoms with van der Waals surface area (Å²) in [4.78, 5) is 22.1. The van der Waals surface area contributed by atoms with E-state index in [0.717, 1.165) is 36.8 Å². The highest BCUT2D eigenvalue weighted by Gasteiger charge is 2.21. The van der Waals surface area contributed by atoms with Crippen LogP contribution in [-0.4, -0.2) is 16.5 Å². The molecule has 124 valence electrons. The number of carbonyl (C=O) groups is 1. The van der Waals surface area contributed by atoms with Gasteiger partial charge in [0.05, 0.1) is 4.92 Å². The molecule has 1 fully saturated rings. The van der Waals surface area contributed by atoms with E-state index in [1.807, 2.05) is 32.9 Å². The number of ether oxygens (including phenoxy) is 1. The number of nitro groups is 1. The number of carbonyl (C=O) groups excluding carboxylic acids is 1. The fourth-order valence-electron chi connectivity index (χ4n) is 2.83. The Morgan fingerprint density at radius 3 is 2.26 bits per heavy atom. The zero-order chi connectivity index (χ0) is 17.0. The first-order valence-corrected chi connectivity index (χ1v) is 7.91. The van der Waals surface area contributed by atoms with Gasteiger partial charge in [0.1, 0.15) is 5.60 Å². The van der Waals surface area contributed by atoms with E-state index in [9.17, 15) is 14.9 Å². The maximum atomic E-state index is 11.8. The van der Waals surface area contributed by atoms with Gasteiger partial charge in [-0.2, -0.15) is 0 Å². The molecule has 0 amide bonds. The SMILES string of the molecule is CC(C)(C)OC(=O)C=C1CCC(c2ccc([N+](=O)[O-])cc2)CC1. The number of allylic oxidation sites excluding steroid dienone is 1. The van der Waals surface area contributed by atoms with Gasteiger partial charge in [-0.1, -0.05) is 17.7 Å². The Morgan fingerprint density at radius 2 is 1.78 bits per heavy atom. The summed E-state index contributed by atoms with van der Waals surface area (Å²) in [6.07, 6.45) is 5.25. The molecule has 1 saturated carbocycles. The maximum Gasteiger partial charge on any atom is 0.331 e. The Morgan fingerprint density at radius 1 is 1.22 bits per heavy atom. The predicted molar refractivity (Wildman–Crippen MR) is 88.2 cm³/mol. The van der Waals surface area contributed by atoms with E-state index in [0.29, 0.717) is 5.92 Å². The predicted octanol–water partition coefficient (Wildman–Crippen LogP) is 4.52. The topological polar surface area (TPSA) is 69.4 Å². The first-order chi connectivity index (χ1) is 10.7. The monoisotopic (exact) mass is 317 g/mol. The number of hydrogen-bond donors (Lipinski definition) is 0. The molecule has 1 aromatic carbocycles. The van der Waals surface area contributed by atoms with Gasteiger partial charge in [0, 0.05) is 18.2 Å². The van der Waals surface area contributed by atoms with E-state index in [2.05, 4.69) is 0 Å². The summed E-state index contributed by atoms with van der Waals surface area (Å²) in [5, 5.41) is 10.7. The van der Waals surface area contributed by atoms with Gasteiger partial charge in [-0.05, 0) is 57.9 Å². The number of rotatable bonds is 3. The lowest BCUT2D eigenvalue weighted by atomic mass is 9.81. The van der Waals surface area contributed by atoms with E-state index in [1.54, 1.807) is 18.2 Å². The largest absolute Gasteiger partial charge is 0.457 e. The van der Waals surface area contributed by atoms with Crippen molar-refractivity contribution < 1.29 is 14.5 Å². The quantitative estimate of drug-likeness (QED) is 0.356. The molecular formula is C18H23NO4. The molecule has 1 aliphatic carbocycles. The van der Waals surface area contributed by atoms with Gasteiger partial charge in [-0.15, -0.1) is 0 Å². The van der Waals surface area contributed by atoms with Crippen LogP contribution in [0, 0.1) is 10.1 Å². The molecule has 0 N–H and O–H groups in total. The standard InChI is InChI=1S/C18H23NO4/c1-18(2,3)23-17(20)12-13-4-6-14(7-5-13)15-8-10-16(11-9-15)19(21)22/h8-12,14H,4-7H2,1-3H3. The second kappa shape index (κ2) is 6.94. The third-order valence-corrected chi connectivity index (χ3v) is 3.93. The third kappa shape index (κ3) is 5.20. The normalized spacial score (nSPS) is 18.4. The van der Waals surface area contributed by atoms with Crippen molar-refractivity contribution in [2.45, 2.75) is 58.0 Å². The van der Waals surface area contributed by atoms with E-state index >= 15 is 0 Å². The molecule has 5 heteroatoms. The van der Waals surface area contributed by atoms with Crippen LogP contribution in [0.1, 0.15) is 57.9 Å². The van der Waals surface area contributed by atoms with Crippen molar-refractivity contribution in [1.29, 1.82) is 0 Å². The fraction of sp³-hybridized carbons (Fsp3) is 0.500. The van der Waals surface area contributed by atoms with Crippen LogP contribution in [0.5, 0.6) is 0 Å². The van der Waals surface area contributed by atoms with Gasteiger partial charge < -0.3 is 4.74 Å². The van der Waals surface area contributed by atoms with E-state index in [1.165, 1.54) is 0 Å². The van der Waals surface area contributed by atoms with Crippen LogP contribution >= 0.6 is 0 Å². The molecule has 0 bridgehead atoms. The third-order valence-electron chi connectivity index (χ3n) is 3.93. The van der Waals surface area contributed by atoms with Gasteiger partial charge in [0.2, 0.25) is 0 Å². The van der Waals surface area contributed by atoms with E-state index in [4.69, 9.17) is 4.74 Å². The van der Waals surface area contributed by atoms with Crippen molar-refractivity contribution in [2.75, 3.05) is 0 Å². The van der Waals surface area contributed by atoms with Crippen molar-refractivity contribution in [3.05, 3.63) is 51.6 Å². The summed E-state index contributed by atoms with van der Waals surface area (Å²) in [7, 11) is 0. The zero-order valence-corrected chi connectivity index (χ0v) is 13.9. The second-order valence-corrected chi connectivity index (χ2v) is 6.96. The summed E-state index contributed by atoms with van der Waals surface area (Å²) < 4.78 is 5.31. The molecule has 0 atom stereocenters. The first kappa shape index (κ1) is 17.2. The van der Waals surface area contributed by atoms with Crippen molar-refractivity contribution in [2.24, 2.45) is 0 Å². The van der Waals surface area contributed by atoms with Gasteiger partial charge in [0.15, 0.2) is 0 Å². The molecule has 5 nitrogen and oxygen atoms in total. The van der Waals surface area contributed by atoms with Crippen LogP contribution in [0.25, 0.3) is 0 Å². The molecule has 23 heavy (non-hydrogen) atoms. The minimum absolute atomic E-state index is 0.120. The molecular weight excluding hydrogens is 294 g/mol. The van der Waals surface area contributed by atoms with Crippen LogP contribution in [-0.2, 0) is 9.53 Å². The number of esters is 1. The Kier molecular flexibility index (Phi) is 5.19. The lowest BCUT2D eigenvalue weighted by Gasteiger charge is -2.24. The average molecular weight is 317 g/mol. The van der Waals surface area contributed by atoms with Crippen LogP contribution in [0.3, 0.4) is 0 Å². The molecule has 0 unspecified atom stereocenters. The highest BCUT2D eigenvalue weighted by molar-refractivity contribution is 5.83.